The minimum atomic E-state index is -0.178. The van der Waals surface area contributed by atoms with Crippen LogP contribution in [-0.2, 0) is 4.74 Å². The molecule has 3 nitrogen and oxygen atoms in total. The molecule has 0 fully saturated rings. The van der Waals surface area contributed by atoms with Gasteiger partial charge < -0.3 is 9.15 Å². The molecular weight excluding hydrogens is 154 g/mol. The maximum atomic E-state index is 5.55. The molecule has 0 bridgehead atoms. The van der Waals surface area contributed by atoms with Crippen LogP contribution in [0.1, 0.15) is 19.6 Å². The quantitative estimate of drug-likeness (QED) is 0.636. The number of furan rings is 1. The van der Waals surface area contributed by atoms with E-state index in [0.29, 0.717) is 18.2 Å². The molecule has 1 aliphatic heterocycles. The van der Waals surface area contributed by atoms with Crippen molar-refractivity contribution in [3.8, 4) is 0 Å². The first-order valence-electron chi connectivity index (χ1n) is 3.95. The lowest BCUT2D eigenvalue weighted by Crippen LogP contribution is -2.24. The maximum Gasteiger partial charge on any atom is 0.253 e. The summed E-state index contributed by atoms with van der Waals surface area (Å²) in [5, 5.41) is 0. The lowest BCUT2D eigenvalue weighted by atomic mass is 10.1. The lowest BCUT2D eigenvalue weighted by molar-refractivity contribution is 0.129. The van der Waals surface area contributed by atoms with E-state index in [9.17, 15) is 0 Å². The highest BCUT2D eigenvalue weighted by Gasteiger charge is 2.29. The Morgan fingerprint density at radius 2 is 2.33 bits per heavy atom. The van der Waals surface area contributed by atoms with Gasteiger partial charge in [0.1, 0.15) is 5.60 Å². The molecule has 0 N–H and O–H groups in total. The molecular formula is C9H11NO2. The highest BCUT2D eigenvalue weighted by molar-refractivity contribution is 5.92. The first kappa shape index (κ1) is 7.40. The third-order valence-electron chi connectivity index (χ3n) is 1.71. The Morgan fingerprint density at radius 1 is 1.50 bits per heavy atom. The number of aliphatic imine (C=N–C) groups is 1. The lowest BCUT2D eigenvalue weighted by Gasteiger charge is -2.16. The molecule has 1 aliphatic rings. The monoisotopic (exact) mass is 165 g/mol. The Morgan fingerprint density at radius 3 is 2.83 bits per heavy atom. The summed E-state index contributed by atoms with van der Waals surface area (Å²) in [6, 6.07) is 3.67. The molecule has 2 rings (SSSR count). The van der Waals surface area contributed by atoms with Gasteiger partial charge in [0.05, 0.1) is 12.8 Å². The van der Waals surface area contributed by atoms with Crippen molar-refractivity contribution >= 4 is 5.90 Å². The highest BCUT2D eigenvalue weighted by Crippen LogP contribution is 2.20. The Balaban J connectivity index is 2.20. The molecule has 0 spiro atoms. The van der Waals surface area contributed by atoms with Gasteiger partial charge in [-0.05, 0) is 26.0 Å². The fraction of sp³-hybridized carbons (Fsp3) is 0.444. The summed E-state index contributed by atoms with van der Waals surface area (Å²) in [7, 11) is 0. The van der Waals surface area contributed by atoms with Crippen LogP contribution in [0, 0.1) is 0 Å². The van der Waals surface area contributed by atoms with E-state index in [1.54, 1.807) is 6.26 Å². The van der Waals surface area contributed by atoms with E-state index in [2.05, 4.69) is 4.99 Å². The molecule has 2 heterocycles. The molecule has 0 radical (unpaired) electrons. The summed E-state index contributed by atoms with van der Waals surface area (Å²) in [5.74, 6) is 1.32. The Hall–Kier alpha value is -1.25. The second-order valence-corrected chi connectivity index (χ2v) is 3.46. The normalized spacial score (nSPS) is 20.3. The van der Waals surface area contributed by atoms with Crippen molar-refractivity contribution in [3.05, 3.63) is 24.2 Å². The predicted octanol–water partition coefficient (Wildman–Crippen LogP) is 1.83. The van der Waals surface area contributed by atoms with Gasteiger partial charge in [-0.3, -0.25) is 0 Å². The Labute approximate surface area is 71.1 Å². The molecule has 64 valence electrons. The molecule has 0 unspecified atom stereocenters. The third-order valence-corrected chi connectivity index (χ3v) is 1.71. The first-order chi connectivity index (χ1) is 5.67. The van der Waals surface area contributed by atoms with Gasteiger partial charge in [-0.2, -0.15) is 0 Å². The van der Waals surface area contributed by atoms with Crippen molar-refractivity contribution in [1.29, 1.82) is 0 Å². The van der Waals surface area contributed by atoms with Crippen LogP contribution in [0.4, 0.5) is 0 Å². The van der Waals surface area contributed by atoms with Crippen LogP contribution in [0.5, 0.6) is 0 Å². The standard InChI is InChI=1S/C9H11NO2/c1-9(2)6-10-8(12-9)7-4-3-5-11-7/h3-5H,6H2,1-2H3. The predicted molar refractivity (Wildman–Crippen MR) is 45.3 cm³/mol. The van der Waals surface area contributed by atoms with E-state index < -0.39 is 0 Å². The van der Waals surface area contributed by atoms with Crippen molar-refractivity contribution in [2.75, 3.05) is 6.54 Å². The van der Waals surface area contributed by atoms with Crippen LogP contribution < -0.4 is 0 Å². The number of rotatable bonds is 1. The zero-order valence-corrected chi connectivity index (χ0v) is 7.20. The van der Waals surface area contributed by atoms with Crippen molar-refractivity contribution in [1.82, 2.24) is 0 Å². The summed E-state index contributed by atoms with van der Waals surface area (Å²) < 4.78 is 10.7. The molecule has 0 saturated carbocycles. The number of nitrogens with zero attached hydrogens (tertiary/aromatic N) is 1. The molecule has 3 heteroatoms. The summed E-state index contributed by atoms with van der Waals surface area (Å²) in [5.41, 5.74) is -0.178. The van der Waals surface area contributed by atoms with Gasteiger partial charge in [0.15, 0.2) is 5.76 Å². The molecule has 0 atom stereocenters. The molecule has 0 saturated heterocycles. The fourth-order valence-corrected chi connectivity index (χ4v) is 1.12. The zero-order chi connectivity index (χ0) is 8.60. The maximum absolute atomic E-state index is 5.55. The van der Waals surface area contributed by atoms with E-state index >= 15 is 0 Å². The van der Waals surface area contributed by atoms with Crippen molar-refractivity contribution in [3.63, 3.8) is 0 Å². The zero-order valence-electron chi connectivity index (χ0n) is 7.20. The summed E-state index contributed by atoms with van der Waals surface area (Å²) in [6.07, 6.45) is 1.62. The topological polar surface area (TPSA) is 34.7 Å². The Bertz CT molecular complexity index is 298. The summed E-state index contributed by atoms with van der Waals surface area (Å²) >= 11 is 0. The minimum absolute atomic E-state index is 0.178. The third kappa shape index (κ3) is 1.22. The van der Waals surface area contributed by atoms with Gasteiger partial charge in [-0.1, -0.05) is 0 Å². The smallest absolute Gasteiger partial charge is 0.253 e. The van der Waals surface area contributed by atoms with Crippen LogP contribution in [0.25, 0.3) is 0 Å². The van der Waals surface area contributed by atoms with E-state index in [1.165, 1.54) is 0 Å². The van der Waals surface area contributed by atoms with Crippen LogP contribution in [-0.4, -0.2) is 18.0 Å². The SMILES string of the molecule is CC1(C)CN=C(c2ccco2)O1. The molecule has 0 amide bonds. The molecule has 1 aromatic heterocycles. The molecule has 12 heavy (non-hydrogen) atoms. The molecule has 1 aromatic rings. The van der Waals surface area contributed by atoms with Crippen molar-refractivity contribution in [2.45, 2.75) is 19.4 Å². The van der Waals surface area contributed by atoms with Crippen LogP contribution in [0.2, 0.25) is 0 Å². The van der Waals surface area contributed by atoms with Gasteiger partial charge in [-0.15, -0.1) is 0 Å². The molecule has 0 aromatic carbocycles. The molecule has 0 aliphatic carbocycles. The largest absolute Gasteiger partial charge is 0.467 e. The highest BCUT2D eigenvalue weighted by atomic mass is 16.5. The van der Waals surface area contributed by atoms with Crippen molar-refractivity contribution in [2.24, 2.45) is 4.99 Å². The van der Waals surface area contributed by atoms with Gasteiger partial charge in [-0.25, -0.2) is 4.99 Å². The van der Waals surface area contributed by atoms with Crippen molar-refractivity contribution < 1.29 is 9.15 Å². The summed E-state index contributed by atoms with van der Waals surface area (Å²) in [4.78, 5) is 4.23. The van der Waals surface area contributed by atoms with Crippen LogP contribution >= 0.6 is 0 Å². The fourth-order valence-electron chi connectivity index (χ4n) is 1.12. The second-order valence-electron chi connectivity index (χ2n) is 3.46. The van der Waals surface area contributed by atoms with E-state index in [0.717, 1.165) is 0 Å². The second kappa shape index (κ2) is 2.37. The van der Waals surface area contributed by atoms with Crippen LogP contribution in [0.15, 0.2) is 27.8 Å². The van der Waals surface area contributed by atoms with Gasteiger partial charge in [0.2, 0.25) is 0 Å². The van der Waals surface area contributed by atoms with Gasteiger partial charge >= 0.3 is 0 Å². The minimum Gasteiger partial charge on any atom is -0.467 e. The first-order valence-corrected chi connectivity index (χ1v) is 3.95. The average molecular weight is 165 g/mol. The van der Waals surface area contributed by atoms with Gasteiger partial charge in [0, 0.05) is 0 Å². The van der Waals surface area contributed by atoms with Crippen LogP contribution in [0.3, 0.4) is 0 Å². The number of ether oxygens (including phenoxy) is 1. The van der Waals surface area contributed by atoms with E-state index in [4.69, 9.17) is 9.15 Å². The van der Waals surface area contributed by atoms with Gasteiger partial charge in [0.25, 0.3) is 5.90 Å². The number of hydrogen-bond donors (Lipinski definition) is 0. The van der Waals surface area contributed by atoms with E-state index in [1.807, 2.05) is 26.0 Å². The Kier molecular flexibility index (Phi) is 1.46. The van der Waals surface area contributed by atoms with E-state index in [-0.39, 0.29) is 5.60 Å². The average Bonchev–Trinajstić information content (AvgIpc) is 2.55. The summed E-state index contributed by atoms with van der Waals surface area (Å²) in [6.45, 7) is 4.71. The number of hydrogen-bond acceptors (Lipinski definition) is 3.